The number of fused-ring (bicyclic) bond motifs is 1. The number of hydrogen-bond acceptors (Lipinski definition) is 6. The van der Waals surface area contributed by atoms with Crippen molar-refractivity contribution in [1.29, 1.82) is 0 Å². The van der Waals surface area contributed by atoms with E-state index in [4.69, 9.17) is 6.57 Å². The van der Waals surface area contributed by atoms with Crippen molar-refractivity contribution >= 4 is 22.8 Å². The van der Waals surface area contributed by atoms with Crippen LogP contribution in [0.25, 0.3) is 16.3 Å². The van der Waals surface area contributed by atoms with E-state index >= 15 is 0 Å². The summed E-state index contributed by atoms with van der Waals surface area (Å²) < 4.78 is 3.18. The molecule has 10 nitrogen and oxygen atoms in total. The van der Waals surface area contributed by atoms with Gasteiger partial charge in [0.1, 0.15) is 5.82 Å². The number of rotatable bonds is 3. The van der Waals surface area contributed by atoms with Crippen LogP contribution in [0.5, 0.6) is 0 Å². The van der Waals surface area contributed by atoms with E-state index in [0.717, 1.165) is 5.82 Å². The molecule has 0 radical (unpaired) electrons. The zero-order chi connectivity index (χ0) is 18.3. The number of aryl methyl sites for hydroxylation is 3. The van der Waals surface area contributed by atoms with Gasteiger partial charge in [-0.15, -0.1) is 10.2 Å². The molecular formula is C16H14N10. The normalized spacial score (nSPS) is 11.5. The average Bonchev–Trinajstić information content (AvgIpc) is 3.27. The summed E-state index contributed by atoms with van der Waals surface area (Å²) in [7, 11) is 0. The Hall–Kier alpha value is -3.87. The molecule has 10 heteroatoms. The first-order chi connectivity index (χ1) is 12.6. The van der Waals surface area contributed by atoms with E-state index < -0.39 is 0 Å². The van der Waals surface area contributed by atoms with Gasteiger partial charge < -0.3 is 0 Å². The molecule has 0 aliphatic carbocycles. The summed E-state index contributed by atoms with van der Waals surface area (Å²) >= 11 is 0. The van der Waals surface area contributed by atoms with Crippen molar-refractivity contribution in [2.24, 2.45) is 10.2 Å². The van der Waals surface area contributed by atoms with Gasteiger partial charge in [0.15, 0.2) is 23.0 Å². The third-order valence-electron chi connectivity index (χ3n) is 3.89. The van der Waals surface area contributed by atoms with E-state index in [1.54, 1.807) is 23.7 Å². The van der Waals surface area contributed by atoms with Crippen LogP contribution >= 0.6 is 0 Å². The number of H-pyrrole nitrogens is 1. The second kappa shape index (κ2) is 5.89. The van der Waals surface area contributed by atoms with Gasteiger partial charge in [-0.1, -0.05) is 6.07 Å². The van der Waals surface area contributed by atoms with Crippen molar-refractivity contribution in [3.8, 4) is 5.82 Å². The van der Waals surface area contributed by atoms with Gasteiger partial charge in [0.2, 0.25) is 0 Å². The largest absolute Gasteiger partial charge is 0.258 e. The Morgan fingerprint density at radius 3 is 2.69 bits per heavy atom. The monoisotopic (exact) mass is 346 g/mol. The molecule has 0 atom stereocenters. The summed E-state index contributed by atoms with van der Waals surface area (Å²) in [6, 6.07) is 5.45. The van der Waals surface area contributed by atoms with Crippen molar-refractivity contribution in [2.45, 2.75) is 20.8 Å². The van der Waals surface area contributed by atoms with Crippen LogP contribution in [-0.4, -0.2) is 34.6 Å². The van der Waals surface area contributed by atoms with Crippen LogP contribution in [-0.2, 0) is 0 Å². The van der Waals surface area contributed by atoms with E-state index in [-0.39, 0.29) is 0 Å². The zero-order valence-electron chi connectivity index (χ0n) is 14.3. The summed E-state index contributed by atoms with van der Waals surface area (Å²) in [5, 5.41) is 24.4. The Bertz CT molecular complexity index is 1170. The quantitative estimate of drug-likeness (QED) is 0.452. The lowest BCUT2D eigenvalue weighted by atomic mass is 10.4. The van der Waals surface area contributed by atoms with Gasteiger partial charge in [0.05, 0.1) is 18.0 Å². The summed E-state index contributed by atoms with van der Waals surface area (Å²) in [5.41, 5.74) is 2.81. The Kier molecular flexibility index (Phi) is 3.54. The molecule has 0 aliphatic heterocycles. The lowest BCUT2D eigenvalue weighted by Crippen LogP contribution is -1.98. The highest BCUT2D eigenvalue weighted by molar-refractivity contribution is 5.69. The molecule has 4 aromatic rings. The molecule has 0 saturated heterocycles. The maximum Gasteiger partial charge on any atom is 0.255 e. The lowest BCUT2D eigenvalue weighted by Gasteiger charge is -2.02. The smallest absolute Gasteiger partial charge is 0.255 e. The number of azo groups is 1. The SMILES string of the molecule is [C-]#[N+]c1c(C)nn(-c2ccccn2)c1/N=N/c1c(C)nn2c(C)n[nH]c12. The maximum absolute atomic E-state index is 7.45. The number of pyridine rings is 1. The molecule has 0 aromatic carbocycles. The summed E-state index contributed by atoms with van der Waals surface area (Å²) in [5.74, 6) is 1.61. The molecule has 4 rings (SSSR count). The zero-order valence-corrected chi connectivity index (χ0v) is 14.3. The Balaban J connectivity index is 1.87. The molecule has 26 heavy (non-hydrogen) atoms. The minimum atomic E-state index is 0.325. The molecule has 0 spiro atoms. The lowest BCUT2D eigenvalue weighted by molar-refractivity contribution is 0.826. The summed E-state index contributed by atoms with van der Waals surface area (Å²) in [6.07, 6.45) is 1.66. The minimum Gasteiger partial charge on any atom is -0.258 e. The number of aromatic nitrogens is 7. The Morgan fingerprint density at radius 2 is 1.96 bits per heavy atom. The van der Waals surface area contributed by atoms with Crippen LogP contribution in [0.2, 0.25) is 0 Å². The Labute approximate surface area is 148 Å². The van der Waals surface area contributed by atoms with Crippen molar-refractivity contribution < 1.29 is 0 Å². The Morgan fingerprint density at radius 1 is 1.12 bits per heavy atom. The van der Waals surface area contributed by atoms with Crippen molar-refractivity contribution in [3.63, 3.8) is 0 Å². The topological polar surface area (TPSA) is 106 Å². The van der Waals surface area contributed by atoms with E-state index in [1.165, 1.54) is 4.68 Å². The van der Waals surface area contributed by atoms with Gasteiger partial charge in [-0.3, -0.25) is 5.10 Å². The standard InChI is InChI=1S/C16H14N10/c1-9-13(17-4)15(26(24-9)12-7-5-6-8-18-12)22-20-14-10(2)23-25-11(3)19-21-16(14)25/h5-8,21H,1-3H3/b22-20+. The van der Waals surface area contributed by atoms with Crippen molar-refractivity contribution in [3.05, 3.63) is 53.0 Å². The molecule has 0 unspecified atom stereocenters. The van der Waals surface area contributed by atoms with Gasteiger partial charge in [-0.05, 0) is 32.9 Å². The van der Waals surface area contributed by atoms with Gasteiger partial charge >= 0.3 is 0 Å². The first-order valence-electron chi connectivity index (χ1n) is 7.80. The molecule has 0 amide bonds. The first kappa shape index (κ1) is 15.6. The van der Waals surface area contributed by atoms with Crippen LogP contribution in [0.15, 0.2) is 34.6 Å². The summed E-state index contributed by atoms with van der Waals surface area (Å²) in [4.78, 5) is 7.83. The molecule has 1 N–H and O–H groups in total. The number of aromatic amines is 1. The first-order valence-corrected chi connectivity index (χ1v) is 7.80. The second-order valence-corrected chi connectivity index (χ2v) is 5.63. The molecule has 0 bridgehead atoms. The maximum atomic E-state index is 7.45. The van der Waals surface area contributed by atoms with Gasteiger partial charge in [0, 0.05) is 6.20 Å². The van der Waals surface area contributed by atoms with E-state index in [1.807, 2.05) is 26.0 Å². The second-order valence-electron chi connectivity index (χ2n) is 5.63. The van der Waals surface area contributed by atoms with Gasteiger partial charge in [-0.25, -0.2) is 14.5 Å². The van der Waals surface area contributed by atoms with Crippen LogP contribution in [0.4, 0.5) is 17.2 Å². The molecule has 0 aliphatic rings. The highest BCUT2D eigenvalue weighted by Crippen LogP contribution is 2.35. The van der Waals surface area contributed by atoms with E-state index in [2.05, 4.69) is 40.5 Å². The van der Waals surface area contributed by atoms with E-state index in [9.17, 15) is 0 Å². The molecule has 0 fully saturated rings. The number of hydrogen-bond donors (Lipinski definition) is 1. The van der Waals surface area contributed by atoms with Crippen LogP contribution in [0, 0.1) is 27.3 Å². The van der Waals surface area contributed by atoms with Crippen LogP contribution < -0.4 is 0 Å². The molecule has 0 saturated carbocycles. The fourth-order valence-electron chi connectivity index (χ4n) is 2.62. The molecule has 4 aromatic heterocycles. The van der Waals surface area contributed by atoms with E-state index in [0.29, 0.717) is 40.0 Å². The molecular weight excluding hydrogens is 332 g/mol. The summed E-state index contributed by atoms with van der Waals surface area (Å²) in [6.45, 7) is 12.9. The predicted molar refractivity (Wildman–Crippen MR) is 93.3 cm³/mol. The fraction of sp³-hybridized carbons (Fsp3) is 0.188. The minimum absolute atomic E-state index is 0.325. The van der Waals surface area contributed by atoms with Crippen molar-refractivity contribution in [2.75, 3.05) is 0 Å². The highest BCUT2D eigenvalue weighted by Gasteiger charge is 2.18. The fourth-order valence-corrected chi connectivity index (χ4v) is 2.62. The number of nitrogens with one attached hydrogen (secondary N) is 1. The molecule has 128 valence electrons. The third kappa shape index (κ3) is 2.34. The van der Waals surface area contributed by atoms with Gasteiger partial charge in [-0.2, -0.15) is 19.8 Å². The van der Waals surface area contributed by atoms with Crippen LogP contribution in [0.1, 0.15) is 17.2 Å². The van der Waals surface area contributed by atoms with Crippen LogP contribution in [0.3, 0.4) is 0 Å². The average molecular weight is 346 g/mol. The predicted octanol–water partition coefficient (Wildman–Crippen LogP) is 3.53. The number of nitrogens with zero attached hydrogens (tertiary/aromatic N) is 9. The van der Waals surface area contributed by atoms with Gasteiger partial charge in [0.25, 0.3) is 5.69 Å². The highest BCUT2D eigenvalue weighted by atomic mass is 15.4. The molecule has 4 heterocycles. The third-order valence-corrected chi connectivity index (χ3v) is 3.89. The van der Waals surface area contributed by atoms with Crippen molar-refractivity contribution in [1.82, 2.24) is 34.6 Å².